The molecule has 0 atom stereocenters. The Morgan fingerprint density at radius 2 is 1.77 bits per heavy atom. The van der Waals surface area contributed by atoms with Gasteiger partial charge in [-0.25, -0.2) is 8.78 Å². The third-order valence-corrected chi connectivity index (χ3v) is 3.47. The van der Waals surface area contributed by atoms with Gasteiger partial charge in [0, 0.05) is 23.6 Å². The van der Waals surface area contributed by atoms with E-state index in [0.717, 1.165) is 17.8 Å². The van der Waals surface area contributed by atoms with E-state index < -0.39 is 17.5 Å². The Bertz CT molecular complexity index is 997. The second-order valence-electron chi connectivity index (χ2n) is 5.32. The maximum atomic E-state index is 13.6. The van der Waals surface area contributed by atoms with Gasteiger partial charge in [-0.3, -0.25) is 9.78 Å². The summed E-state index contributed by atoms with van der Waals surface area (Å²) in [6, 6.07) is 14.8. The lowest BCUT2D eigenvalue weighted by atomic mass is 10.2. The van der Waals surface area contributed by atoms with E-state index in [0.29, 0.717) is 17.3 Å². The van der Waals surface area contributed by atoms with Crippen LogP contribution in [-0.4, -0.2) is 10.9 Å². The molecule has 2 N–H and O–H groups in total. The summed E-state index contributed by atoms with van der Waals surface area (Å²) in [6.07, 6.45) is 1.43. The summed E-state index contributed by atoms with van der Waals surface area (Å²) in [5, 5.41) is 14.2. The van der Waals surface area contributed by atoms with E-state index in [2.05, 4.69) is 15.6 Å². The van der Waals surface area contributed by atoms with Crippen molar-refractivity contribution in [2.45, 2.75) is 0 Å². The van der Waals surface area contributed by atoms with Crippen molar-refractivity contribution in [3.05, 3.63) is 83.7 Å². The standard InChI is InChI=1S/C19H12F2N4O/c20-13-3-6-17(16(21)9-13)25-19(26)18-10-15(7-8-23-18)24-14-4-1-12(11-22)2-5-14/h1-10H,(H,23,24)(H,25,26). The molecule has 7 heteroatoms. The lowest BCUT2D eigenvalue weighted by molar-refractivity contribution is 0.102. The molecule has 0 spiro atoms. The number of nitriles is 1. The third-order valence-electron chi connectivity index (χ3n) is 3.47. The number of rotatable bonds is 4. The highest BCUT2D eigenvalue weighted by molar-refractivity contribution is 6.03. The molecule has 0 aliphatic rings. The molecule has 128 valence electrons. The Balaban J connectivity index is 1.75. The first-order valence-electron chi connectivity index (χ1n) is 7.55. The summed E-state index contributed by atoms with van der Waals surface area (Å²) >= 11 is 0. The van der Waals surface area contributed by atoms with E-state index in [4.69, 9.17) is 5.26 Å². The first kappa shape index (κ1) is 17.0. The minimum atomic E-state index is -0.870. The number of hydrogen-bond acceptors (Lipinski definition) is 4. The van der Waals surface area contributed by atoms with Crippen LogP contribution in [0.15, 0.2) is 60.8 Å². The zero-order valence-electron chi connectivity index (χ0n) is 13.3. The van der Waals surface area contributed by atoms with Gasteiger partial charge in [0.25, 0.3) is 5.91 Å². The largest absolute Gasteiger partial charge is 0.355 e. The van der Waals surface area contributed by atoms with Gasteiger partial charge in [0.2, 0.25) is 0 Å². The minimum Gasteiger partial charge on any atom is -0.355 e. The number of amides is 1. The second-order valence-corrected chi connectivity index (χ2v) is 5.32. The van der Waals surface area contributed by atoms with Crippen molar-refractivity contribution < 1.29 is 13.6 Å². The zero-order valence-corrected chi connectivity index (χ0v) is 13.3. The smallest absolute Gasteiger partial charge is 0.274 e. The van der Waals surface area contributed by atoms with Crippen molar-refractivity contribution >= 4 is 23.0 Å². The molecular weight excluding hydrogens is 338 g/mol. The van der Waals surface area contributed by atoms with Crippen molar-refractivity contribution in [1.82, 2.24) is 4.98 Å². The molecule has 1 aromatic heterocycles. The number of anilines is 3. The van der Waals surface area contributed by atoms with Crippen LogP contribution in [0, 0.1) is 23.0 Å². The molecule has 26 heavy (non-hydrogen) atoms. The molecule has 0 bridgehead atoms. The van der Waals surface area contributed by atoms with E-state index in [1.165, 1.54) is 12.3 Å². The topological polar surface area (TPSA) is 77.8 Å². The molecule has 5 nitrogen and oxygen atoms in total. The van der Waals surface area contributed by atoms with Crippen LogP contribution >= 0.6 is 0 Å². The molecule has 0 fully saturated rings. The predicted octanol–water partition coefficient (Wildman–Crippen LogP) is 4.23. The van der Waals surface area contributed by atoms with Crippen molar-refractivity contribution in [3.63, 3.8) is 0 Å². The molecule has 0 radical (unpaired) electrons. The van der Waals surface area contributed by atoms with Crippen molar-refractivity contribution in [1.29, 1.82) is 5.26 Å². The highest BCUT2D eigenvalue weighted by atomic mass is 19.1. The number of carbonyl (C=O) groups excluding carboxylic acids is 1. The molecule has 3 aromatic rings. The average molecular weight is 350 g/mol. The number of nitrogens with one attached hydrogen (secondary N) is 2. The van der Waals surface area contributed by atoms with E-state index >= 15 is 0 Å². The van der Waals surface area contributed by atoms with Crippen LogP contribution in [0.1, 0.15) is 16.1 Å². The Morgan fingerprint density at radius 1 is 1.00 bits per heavy atom. The maximum Gasteiger partial charge on any atom is 0.274 e. The Hall–Kier alpha value is -3.79. The van der Waals surface area contributed by atoms with Crippen molar-refractivity contribution in [2.75, 3.05) is 10.6 Å². The second kappa shape index (κ2) is 7.40. The van der Waals surface area contributed by atoms with E-state index in [9.17, 15) is 13.6 Å². The molecule has 0 aliphatic carbocycles. The predicted molar refractivity (Wildman–Crippen MR) is 93.0 cm³/mol. The number of pyridine rings is 1. The summed E-state index contributed by atoms with van der Waals surface area (Å²) < 4.78 is 26.6. The van der Waals surface area contributed by atoms with Crippen LogP contribution in [0.4, 0.5) is 25.8 Å². The fourth-order valence-electron chi connectivity index (χ4n) is 2.20. The van der Waals surface area contributed by atoms with Gasteiger partial charge in [-0.15, -0.1) is 0 Å². The van der Waals surface area contributed by atoms with Gasteiger partial charge in [-0.1, -0.05) is 0 Å². The molecule has 2 aromatic carbocycles. The van der Waals surface area contributed by atoms with Gasteiger partial charge in [-0.05, 0) is 48.5 Å². The minimum absolute atomic E-state index is 0.0624. The number of halogens is 2. The van der Waals surface area contributed by atoms with Gasteiger partial charge >= 0.3 is 0 Å². The molecule has 3 rings (SSSR count). The van der Waals surface area contributed by atoms with Crippen LogP contribution in [0.3, 0.4) is 0 Å². The fraction of sp³-hybridized carbons (Fsp3) is 0. The summed E-state index contributed by atoms with van der Waals surface area (Å²) in [5.41, 5.74) is 1.78. The van der Waals surface area contributed by atoms with E-state index in [1.807, 2.05) is 6.07 Å². The van der Waals surface area contributed by atoms with Crippen LogP contribution in [0.2, 0.25) is 0 Å². The van der Waals surface area contributed by atoms with Crippen LogP contribution in [0.5, 0.6) is 0 Å². The van der Waals surface area contributed by atoms with Crippen LogP contribution < -0.4 is 10.6 Å². The van der Waals surface area contributed by atoms with Crippen LogP contribution in [0.25, 0.3) is 0 Å². The number of aromatic nitrogens is 1. The van der Waals surface area contributed by atoms with Gasteiger partial charge in [0.05, 0.1) is 17.3 Å². The summed E-state index contributed by atoms with van der Waals surface area (Å²) in [4.78, 5) is 16.2. The maximum absolute atomic E-state index is 13.6. The first-order chi connectivity index (χ1) is 12.5. The summed E-state index contributed by atoms with van der Waals surface area (Å²) in [6.45, 7) is 0. The Morgan fingerprint density at radius 3 is 2.46 bits per heavy atom. The third kappa shape index (κ3) is 3.99. The number of nitrogens with zero attached hydrogens (tertiary/aromatic N) is 2. The Labute approximate surface area is 147 Å². The van der Waals surface area contributed by atoms with Crippen molar-refractivity contribution in [2.24, 2.45) is 0 Å². The number of benzene rings is 2. The highest BCUT2D eigenvalue weighted by Gasteiger charge is 2.12. The number of hydrogen-bond donors (Lipinski definition) is 2. The van der Waals surface area contributed by atoms with Crippen molar-refractivity contribution in [3.8, 4) is 6.07 Å². The molecule has 0 unspecified atom stereocenters. The van der Waals surface area contributed by atoms with Crippen LogP contribution in [-0.2, 0) is 0 Å². The fourth-order valence-corrected chi connectivity index (χ4v) is 2.20. The average Bonchev–Trinajstić information content (AvgIpc) is 2.65. The van der Waals surface area contributed by atoms with E-state index in [-0.39, 0.29) is 11.4 Å². The van der Waals surface area contributed by atoms with E-state index in [1.54, 1.807) is 30.3 Å². The molecular formula is C19H12F2N4O. The highest BCUT2D eigenvalue weighted by Crippen LogP contribution is 2.19. The molecule has 0 aliphatic heterocycles. The summed E-state index contributed by atoms with van der Waals surface area (Å²) in [7, 11) is 0. The molecule has 1 amide bonds. The van der Waals surface area contributed by atoms with Gasteiger partial charge in [-0.2, -0.15) is 5.26 Å². The molecule has 1 heterocycles. The van der Waals surface area contributed by atoms with Gasteiger partial charge < -0.3 is 10.6 Å². The number of carbonyl (C=O) groups is 1. The lowest BCUT2D eigenvalue weighted by Crippen LogP contribution is -2.14. The molecule has 0 saturated carbocycles. The van der Waals surface area contributed by atoms with Gasteiger partial charge in [0.15, 0.2) is 0 Å². The normalized spacial score (nSPS) is 10.0. The monoisotopic (exact) mass is 350 g/mol. The summed E-state index contributed by atoms with van der Waals surface area (Å²) in [5.74, 6) is -2.23. The SMILES string of the molecule is N#Cc1ccc(Nc2ccnc(C(=O)Nc3ccc(F)cc3F)c2)cc1. The van der Waals surface area contributed by atoms with Gasteiger partial charge in [0.1, 0.15) is 17.3 Å². The quantitative estimate of drug-likeness (QED) is 0.738. The first-order valence-corrected chi connectivity index (χ1v) is 7.55. The Kier molecular flexibility index (Phi) is 4.85. The zero-order chi connectivity index (χ0) is 18.5. The molecule has 0 saturated heterocycles. The lowest BCUT2D eigenvalue weighted by Gasteiger charge is -2.09.